The Morgan fingerprint density at radius 1 is 1.21 bits per heavy atom. The van der Waals surface area contributed by atoms with Gasteiger partial charge in [0, 0.05) is 37.5 Å². The molecule has 9 nitrogen and oxygen atoms in total. The highest BCUT2D eigenvalue weighted by Gasteiger charge is 2.54. The molecule has 28 heavy (non-hydrogen) atoms. The zero-order valence-corrected chi connectivity index (χ0v) is 17.0. The maximum Gasteiger partial charge on any atom is 0.275 e. The highest BCUT2D eigenvalue weighted by molar-refractivity contribution is 6.99. The molecule has 150 valence electrons. The fourth-order valence-electron chi connectivity index (χ4n) is 4.38. The Hall–Kier alpha value is -2.33. The molecule has 0 aliphatic carbocycles. The van der Waals surface area contributed by atoms with Crippen molar-refractivity contribution >= 4 is 23.5 Å². The van der Waals surface area contributed by atoms with Crippen LogP contribution in [0.5, 0.6) is 0 Å². The summed E-state index contributed by atoms with van der Waals surface area (Å²) in [4.78, 5) is 29.4. The first-order valence-corrected chi connectivity index (χ1v) is 10.1. The molecule has 2 atom stereocenters. The minimum Gasteiger partial charge on any atom is -0.396 e. The van der Waals surface area contributed by atoms with Gasteiger partial charge in [0.1, 0.15) is 11.3 Å². The van der Waals surface area contributed by atoms with Crippen LogP contribution in [0.3, 0.4) is 0 Å². The Bertz CT molecular complexity index is 925. The lowest BCUT2D eigenvalue weighted by Crippen LogP contribution is -2.40. The smallest absolute Gasteiger partial charge is 0.275 e. The first-order chi connectivity index (χ1) is 13.4. The molecule has 10 heteroatoms. The van der Waals surface area contributed by atoms with E-state index in [4.69, 9.17) is 4.52 Å². The van der Waals surface area contributed by atoms with E-state index in [1.807, 2.05) is 6.92 Å². The summed E-state index contributed by atoms with van der Waals surface area (Å²) >= 11 is 1.02. The number of hydrogen-bond acceptors (Lipinski definition) is 8. The minimum atomic E-state index is -0.514. The van der Waals surface area contributed by atoms with Gasteiger partial charge in [-0.25, -0.2) is 0 Å². The molecule has 2 saturated heterocycles. The van der Waals surface area contributed by atoms with Gasteiger partial charge in [0.05, 0.1) is 29.7 Å². The Morgan fingerprint density at radius 3 is 2.43 bits per heavy atom. The Labute approximate surface area is 166 Å². The predicted molar refractivity (Wildman–Crippen MR) is 100 cm³/mol. The van der Waals surface area contributed by atoms with Crippen molar-refractivity contribution in [3.05, 3.63) is 28.4 Å². The molecular formula is C18H23N5O4S. The van der Waals surface area contributed by atoms with Crippen LogP contribution in [0.25, 0.3) is 0 Å². The summed E-state index contributed by atoms with van der Waals surface area (Å²) in [5.74, 6) is 0.257. The first kappa shape index (κ1) is 19.0. The van der Waals surface area contributed by atoms with Gasteiger partial charge in [0.2, 0.25) is 0 Å². The van der Waals surface area contributed by atoms with E-state index in [2.05, 4.69) is 13.9 Å². The highest BCUT2D eigenvalue weighted by atomic mass is 32.1. The molecule has 2 aliphatic rings. The molecule has 2 aliphatic heterocycles. The van der Waals surface area contributed by atoms with E-state index < -0.39 is 5.41 Å². The van der Waals surface area contributed by atoms with Gasteiger partial charge in [-0.1, -0.05) is 12.1 Å². The largest absolute Gasteiger partial charge is 0.396 e. The average molecular weight is 405 g/mol. The van der Waals surface area contributed by atoms with Crippen molar-refractivity contribution in [2.24, 2.45) is 11.3 Å². The molecule has 0 spiro atoms. The van der Waals surface area contributed by atoms with Gasteiger partial charge in [0.25, 0.3) is 11.8 Å². The lowest BCUT2D eigenvalue weighted by molar-refractivity contribution is 0.0663. The second-order valence-corrected chi connectivity index (χ2v) is 8.23. The molecule has 2 aromatic heterocycles. The van der Waals surface area contributed by atoms with Crippen LogP contribution < -0.4 is 0 Å². The highest BCUT2D eigenvalue weighted by Crippen LogP contribution is 2.43. The Morgan fingerprint density at radius 2 is 1.89 bits per heavy atom. The summed E-state index contributed by atoms with van der Waals surface area (Å²) in [6, 6.07) is 0. The van der Waals surface area contributed by atoms with Crippen LogP contribution in [0.4, 0.5) is 0 Å². The molecule has 0 radical (unpaired) electrons. The summed E-state index contributed by atoms with van der Waals surface area (Å²) in [6.07, 6.45) is 0.615. The molecule has 2 aromatic rings. The number of aliphatic hydroxyl groups is 1. The van der Waals surface area contributed by atoms with Crippen molar-refractivity contribution in [2.45, 2.75) is 27.2 Å². The van der Waals surface area contributed by atoms with Crippen LogP contribution in [0, 0.1) is 25.2 Å². The summed E-state index contributed by atoms with van der Waals surface area (Å²) in [7, 11) is 0. The van der Waals surface area contributed by atoms with Crippen molar-refractivity contribution in [2.75, 3.05) is 32.8 Å². The van der Waals surface area contributed by atoms with E-state index in [-0.39, 0.29) is 24.3 Å². The summed E-state index contributed by atoms with van der Waals surface area (Å²) in [6.45, 7) is 7.14. The van der Waals surface area contributed by atoms with Gasteiger partial charge in [-0.2, -0.15) is 8.75 Å². The van der Waals surface area contributed by atoms with Crippen LogP contribution in [-0.2, 0) is 6.42 Å². The second kappa shape index (κ2) is 6.93. The van der Waals surface area contributed by atoms with E-state index in [0.29, 0.717) is 61.0 Å². The lowest BCUT2D eigenvalue weighted by Gasteiger charge is -2.27. The molecule has 4 rings (SSSR count). The van der Waals surface area contributed by atoms with Crippen molar-refractivity contribution in [1.82, 2.24) is 23.7 Å². The second-order valence-electron chi connectivity index (χ2n) is 7.70. The van der Waals surface area contributed by atoms with Crippen molar-refractivity contribution in [1.29, 1.82) is 0 Å². The number of rotatable bonds is 4. The summed E-state index contributed by atoms with van der Waals surface area (Å²) < 4.78 is 13.4. The number of aromatic nitrogens is 3. The summed E-state index contributed by atoms with van der Waals surface area (Å²) in [5.41, 5.74) is 1.66. The van der Waals surface area contributed by atoms with E-state index >= 15 is 0 Å². The Kier molecular flexibility index (Phi) is 4.70. The standard InChI is InChI=1S/C18H23N5O4S/c1-4-13-14(11(3)27-19-13)16(25)22-5-12-6-23(8-18(12,7-22)9-24)17(26)15-10(2)20-28-21-15/h12,24H,4-9H2,1-3H3. The van der Waals surface area contributed by atoms with Gasteiger partial charge >= 0.3 is 0 Å². The number of nitrogens with zero attached hydrogens (tertiary/aromatic N) is 5. The van der Waals surface area contributed by atoms with Crippen molar-refractivity contribution < 1.29 is 19.2 Å². The number of likely N-dealkylation sites (tertiary alicyclic amines) is 2. The molecule has 0 saturated carbocycles. The van der Waals surface area contributed by atoms with Crippen molar-refractivity contribution in [3.63, 3.8) is 0 Å². The normalized spacial score (nSPS) is 24.1. The van der Waals surface area contributed by atoms with Gasteiger partial charge < -0.3 is 19.4 Å². The third-order valence-electron chi connectivity index (χ3n) is 5.99. The fourth-order valence-corrected chi connectivity index (χ4v) is 4.92. The van der Waals surface area contributed by atoms with E-state index in [0.717, 1.165) is 11.7 Å². The maximum absolute atomic E-state index is 13.1. The van der Waals surface area contributed by atoms with Crippen molar-refractivity contribution in [3.8, 4) is 0 Å². The zero-order valence-electron chi connectivity index (χ0n) is 16.1. The molecule has 2 amide bonds. The van der Waals surface area contributed by atoms with Gasteiger partial charge in [-0.15, -0.1) is 0 Å². The minimum absolute atomic E-state index is 0.0162. The van der Waals surface area contributed by atoms with Gasteiger partial charge in [-0.05, 0) is 20.3 Å². The zero-order chi connectivity index (χ0) is 20.1. The lowest BCUT2D eigenvalue weighted by atomic mass is 9.82. The van der Waals surface area contributed by atoms with E-state index in [1.54, 1.807) is 23.6 Å². The van der Waals surface area contributed by atoms with Crippen LogP contribution in [0.2, 0.25) is 0 Å². The number of fused-ring (bicyclic) bond motifs is 1. The number of aryl methyl sites for hydroxylation is 3. The molecule has 1 N–H and O–H groups in total. The predicted octanol–water partition coefficient (Wildman–Crippen LogP) is 0.912. The first-order valence-electron chi connectivity index (χ1n) is 9.34. The molecule has 2 unspecified atom stereocenters. The topological polar surface area (TPSA) is 113 Å². The SMILES string of the molecule is CCc1noc(C)c1C(=O)N1CC2CN(C(=O)c3nsnc3C)CC2(CO)C1. The van der Waals surface area contributed by atoms with Crippen LogP contribution in [0.1, 0.15) is 44.9 Å². The quantitative estimate of drug-likeness (QED) is 0.804. The number of aliphatic hydroxyl groups excluding tert-OH is 1. The van der Waals surface area contributed by atoms with E-state index in [1.165, 1.54) is 0 Å². The van der Waals surface area contributed by atoms with Gasteiger partial charge in [0.15, 0.2) is 5.69 Å². The van der Waals surface area contributed by atoms with Crippen LogP contribution in [-0.4, -0.2) is 73.4 Å². The monoisotopic (exact) mass is 405 g/mol. The molecule has 0 aromatic carbocycles. The fraction of sp³-hybridized carbons (Fsp3) is 0.611. The maximum atomic E-state index is 13.1. The Balaban J connectivity index is 1.53. The van der Waals surface area contributed by atoms with Gasteiger partial charge in [-0.3, -0.25) is 9.59 Å². The van der Waals surface area contributed by atoms with Crippen LogP contribution >= 0.6 is 11.7 Å². The number of carbonyl (C=O) groups is 2. The number of hydrogen-bond donors (Lipinski definition) is 1. The number of carbonyl (C=O) groups excluding carboxylic acids is 2. The molecular weight excluding hydrogens is 382 g/mol. The number of amides is 2. The van der Waals surface area contributed by atoms with Crippen LogP contribution in [0.15, 0.2) is 4.52 Å². The summed E-state index contributed by atoms with van der Waals surface area (Å²) in [5, 5.41) is 14.1. The third-order valence-corrected chi connectivity index (χ3v) is 6.61. The average Bonchev–Trinajstić information content (AvgIpc) is 3.42. The van der Waals surface area contributed by atoms with E-state index in [9.17, 15) is 14.7 Å². The third kappa shape index (κ3) is 2.82. The molecule has 4 heterocycles. The molecule has 0 bridgehead atoms. The molecule has 2 fully saturated rings.